The summed E-state index contributed by atoms with van der Waals surface area (Å²) in [6, 6.07) is 1.90. The SMILES string of the molecule is CC(C)c1nc(NN)cc(N2CCCN(CCO)CC2)n1. The molecule has 1 aliphatic heterocycles. The molecule has 0 unspecified atom stereocenters. The van der Waals surface area contributed by atoms with Crippen molar-refractivity contribution in [1.82, 2.24) is 14.9 Å². The van der Waals surface area contributed by atoms with Gasteiger partial charge in [-0.15, -0.1) is 0 Å². The minimum absolute atomic E-state index is 0.215. The number of nitrogen functional groups attached to an aromatic ring is 1. The van der Waals surface area contributed by atoms with Gasteiger partial charge in [-0.1, -0.05) is 13.8 Å². The summed E-state index contributed by atoms with van der Waals surface area (Å²) < 4.78 is 0. The van der Waals surface area contributed by atoms with Crippen LogP contribution in [0.2, 0.25) is 0 Å². The number of aromatic nitrogens is 2. The van der Waals surface area contributed by atoms with Gasteiger partial charge in [0.05, 0.1) is 6.61 Å². The van der Waals surface area contributed by atoms with Gasteiger partial charge in [-0.05, 0) is 13.0 Å². The molecule has 1 aliphatic rings. The summed E-state index contributed by atoms with van der Waals surface area (Å²) >= 11 is 0. The van der Waals surface area contributed by atoms with Crippen molar-refractivity contribution in [3.63, 3.8) is 0 Å². The standard InChI is InChI=1S/C14H26N6O/c1-11(2)14-16-12(18-15)10-13(17-14)20-5-3-4-19(6-7-20)8-9-21/h10-11,21H,3-9,15H2,1-2H3,(H,16,17,18). The van der Waals surface area contributed by atoms with Gasteiger partial charge < -0.3 is 15.4 Å². The molecule has 2 rings (SSSR count). The third-order valence-corrected chi connectivity index (χ3v) is 3.72. The van der Waals surface area contributed by atoms with E-state index >= 15 is 0 Å². The first-order valence-electron chi connectivity index (χ1n) is 7.57. The Bertz CT molecular complexity index is 453. The van der Waals surface area contributed by atoms with E-state index in [1.165, 1.54) is 0 Å². The summed E-state index contributed by atoms with van der Waals surface area (Å²) in [4.78, 5) is 13.6. The number of aliphatic hydroxyl groups is 1. The Morgan fingerprint density at radius 1 is 1.29 bits per heavy atom. The fourth-order valence-electron chi connectivity index (χ4n) is 2.51. The lowest BCUT2D eigenvalue weighted by molar-refractivity contribution is 0.204. The van der Waals surface area contributed by atoms with Crippen LogP contribution in [0.3, 0.4) is 0 Å². The molecule has 1 aromatic heterocycles. The number of β-amino-alcohol motifs (C(OH)–C–C–N with tert-alkyl or cyclic N) is 1. The molecule has 1 saturated heterocycles. The molecule has 1 aromatic rings. The first-order valence-corrected chi connectivity index (χ1v) is 7.57. The smallest absolute Gasteiger partial charge is 0.145 e. The van der Waals surface area contributed by atoms with E-state index in [4.69, 9.17) is 10.9 Å². The molecule has 0 bridgehead atoms. The van der Waals surface area contributed by atoms with Crippen LogP contribution in [-0.4, -0.2) is 59.3 Å². The van der Waals surface area contributed by atoms with Crippen LogP contribution in [0, 0.1) is 0 Å². The van der Waals surface area contributed by atoms with Crippen LogP contribution >= 0.6 is 0 Å². The van der Waals surface area contributed by atoms with Crippen LogP contribution in [0.1, 0.15) is 32.0 Å². The lowest BCUT2D eigenvalue weighted by Crippen LogP contribution is -2.33. The quantitative estimate of drug-likeness (QED) is 0.534. The molecule has 4 N–H and O–H groups in total. The van der Waals surface area contributed by atoms with E-state index < -0.39 is 0 Å². The van der Waals surface area contributed by atoms with E-state index in [0.717, 1.165) is 50.8 Å². The number of anilines is 2. The lowest BCUT2D eigenvalue weighted by atomic mass is 10.2. The van der Waals surface area contributed by atoms with Crippen molar-refractivity contribution in [2.45, 2.75) is 26.2 Å². The summed E-state index contributed by atoms with van der Waals surface area (Å²) in [6.07, 6.45) is 1.06. The van der Waals surface area contributed by atoms with Crippen molar-refractivity contribution >= 4 is 11.6 Å². The number of nitrogens with two attached hydrogens (primary N) is 1. The number of hydrogen-bond donors (Lipinski definition) is 3. The molecule has 7 nitrogen and oxygen atoms in total. The van der Waals surface area contributed by atoms with Crippen LogP contribution in [0.5, 0.6) is 0 Å². The van der Waals surface area contributed by atoms with Crippen LogP contribution in [-0.2, 0) is 0 Å². The van der Waals surface area contributed by atoms with Crippen molar-refractivity contribution in [3.05, 3.63) is 11.9 Å². The molecular formula is C14H26N6O. The molecule has 0 aliphatic carbocycles. The van der Waals surface area contributed by atoms with Crippen molar-refractivity contribution in [2.75, 3.05) is 49.7 Å². The van der Waals surface area contributed by atoms with Crippen molar-refractivity contribution in [2.24, 2.45) is 5.84 Å². The number of nitrogens with one attached hydrogen (secondary N) is 1. The molecule has 118 valence electrons. The average molecular weight is 294 g/mol. The number of rotatable bonds is 5. The second-order valence-corrected chi connectivity index (χ2v) is 5.67. The summed E-state index contributed by atoms with van der Waals surface area (Å²) in [5, 5.41) is 9.06. The number of nitrogens with zero attached hydrogens (tertiary/aromatic N) is 4. The second-order valence-electron chi connectivity index (χ2n) is 5.67. The van der Waals surface area contributed by atoms with Crippen LogP contribution < -0.4 is 16.2 Å². The Balaban J connectivity index is 2.15. The molecule has 1 fully saturated rings. The molecule has 7 heteroatoms. The van der Waals surface area contributed by atoms with Crippen molar-refractivity contribution < 1.29 is 5.11 Å². The van der Waals surface area contributed by atoms with E-state index in [1.54, 1.807) is 0 Å². The van der Waals surface area contributed by atoms with Gasteiger partial charge in [0.2, 0.25) is 0 Å². The molecular weight excluding hydrogens is 268 g/mol. The molecule has 0 radical (unpaired) electrons. The minimum atomic E-state index is 0.215. The highest BCUT2D eigenvalue weighted by Gasteiger charge is 2.17. The zero-order valence-corrected chi connectivity index (χ0v) is 12.9. The Morgan fingerprint density at radius 2 is 2.10 bits per heavy atom. The maximum Gasteiger partial charge on any atom is 0.145 e. The number of aliphatic hydroxyl groups excluding tert-OH is 1. The largest absolute Gasteiger partial charge is 0.395 e. The second kappa shape index (κ2) is 7.53. The minimum Gasteiger partial charge on any atom is -0.395 e. The van der Waals surface area contributed by atoms with Crippen LogP contribution in [0.4, 0.5) is 11.6 Å². The van der Waals surface area contributed by atoms with E-state index in [1.807, 2.05) is 6.07 Å². The topological polar surface area (TPSA) is 90.5 Å². The first kappa shape index (κ1) is 15.9. The zero-order chi connectivity index (χ0) is 15.2. The summed E-state index contributed by atoms with van der Waals surface area (Å²) in [5.74, 6) is 8.15. The highest BCUT2D eigenvalue weighted by atomic mass is 16.3. The maximum absolute atomic E-state index is 9.06. The van der Waals surface area contributed by atoms with Crippen LogP contribution in [0.25, 0.3) is 0 Å². The first-order chi connectivity index (χ1) is 10.1. The van der Waals surface area contributed by atoms with Gasteiger partial charge in [0.1, 0.15) is 17.5 Å². The predicted octanol–water partition coefficient (Wildman–Crippen LogP) is 0.390. The van der Waals surface area contributed by atoms with E-state index in [9.17, 15) is 0 Å². The van der Waals surface area contributed by atoms with E-state index in [0.29, 0.717) is 5.82 Å². The molecule has 2 heterocycles. The summed E-state index contributed by atoms with van der Waals surface area (Å²) in [7, 11) is 0. The Morgan fingerprint density at radius 3 is 2.76 bits per heavy atom. The van der Waals surface area contributed by atoms with E-state index in [2.05, 4.69) is 39.0 Å². The zero-order valence-electron chi connectivity index (χ0n) is 12.9. The number of hydrogen-bond acceptors (Lipinski definition) is 7. The molecule has 0 spiro atoms. The van der Waals surface area contributed by atoms with Gasteiger partial charge in [-0.2, -0.15) is 0 Å². The maximum atomic E-state index is 9.06. The van der Waals surface area contributed by atoms with Gasteiger partial charge in [-0.3, -0.25) is 4.90 Å². The van der Waals surface area contributed by atoms with Gasteiger partial charge >= 0.3 is 0 Å². The van der Waals surface area contributed by atoms with Gasteiger partial charge in [0, 0.05) is 38.2 Å². The van der Waals surface area contributed by atoms with Crippen LogP contribution in [0.15, 0.2) is 6.07 Å². The normalized spacial score (nSPS) is 17.1. The van der Waals surface area contributed by atoms with Gasteiger partial charge in [0.25, 0.3) is 0 Å². The monoisotopic (exact) mass is 294 g/mol. The average Bonchev–Trinajstić information content (AvgIpc) is 2.73. The molecule has 0 amide bonds. The summed E-state index contributed by atoms with van der Waals surface area (Å²) in [5.41, 5.74) is 2.63. The molecule has 21 heavy (non-hydrogen) atoms. The Kier molecular flexibility index (Phi) is 5.72. The number of hydrazine groups is 1. The van der Waals surface area contributed by atoms with Gasteiger partial charge in [0.15, 0.2) is 0 Å². The Hall–Kier alpha value is -1.44. The fraction of sp³-hybridized carbons (Fsp3) is 0.714. The lowest BCUT2D eigenvalue weighted by Gasteiger charge is -2.23. The van der Waals surface area contributed by atoms with E-state index in [-0.39, 0.29) is 12.5 Å². The fourth-order valence-corrected chi connectivity index (χ4v) is 2.51. The molecule has 0 aromatic carbocycles. The van der Waals surface area contributed by atoms with Crippen molar-refractivity contribution in [3.8, 4) is 0 Å². The van der Waals surface area contributed by atoms with Crippen molar-refractivity contribution in [1.29, 1.82) is 0 Å². The Labute approximate surface area is 126 Å². The molecule has 0 saturated carbocycles. The highest BCUT2D eigenvalue weighted by molar-refractivity contribution is 5.49. The molecule has 0 atom stereocenters. The third-order valence-electron chi connectivity index (χ3n) is 3.72. The third kappa shape index (κ3) is 4.26. The predicted molar refractivity (Wildman–Crippen MR) is 84.3 cm³/mol. The summed E-state index contributed by atoms with van der Waals surface area (Å²) in [6.45, 7) is 8.92. The highest BCUT2D eigenvalue weighted by Crippen LogP contribution is 2.20. The van der Waals surface area contributed by atoms with Gasteiger partial charge in [-0.25, -0.2) is 15.8 Å².